The van der Waals surface area contributed by atoms with Crippen molar-refractivity contribution in [1.29, 1.82) is 0 Å². The van der Waals surface area contributed by atoms with Gasteiger partial charge >= 0.3 is 0 Å². The maximum absolute atomic E-state index is 12.2. The second-order valence-electron chi connectivity index (χ2n) is 5.89. The molecule has 0 bridgehead atoms. The van der Waals surface area contributed by atoms with Crippen LogP contribution in [0, 0.1) is 10.1 Å². The van der Waals surface area contributed by atoms with Crippen LogP contribution in [0.3, 0.4) is 0 Å². The van der Waals surface area contributed by atoms with E-state index in [1.807, 2.05) is 48.5 Å². The molecule has 0 amide bonds. The molecule has 3 aromatic carbocycles. The zero-order valence-corrected chi connectivity index (χ0v) is 15.4. The minimum Gasteiger partial charge on any atom is -0.871 e. The van der Waals surface area contributed by atoms with Gasteiger partial charge in [-0.2, -0.15) is 5.10 Å². The third-order valence-corrected chi connectivity index (χ3v) is 4.87. The summed E-state index contributed by atoms with van der Waals surface area (Å²) >= 11 is 3.05. The number of fused-ring (bicyclic) bond motifs is 3. The lowest BCUT2D eigenvalue weighted by Gasteiger charge is -2.11. The molecular weight excluding hydrogens is 410 g/mol. The highest BCUT2D eigenvalue weighted by atomic mass is 79.9. The predicted octanol–water partition coefficient (Wildman–Crippen LogP) is 4.28. The second-order valence-corrected chi connectivity index (χ2v) is 6.74. The molecule has 4 rings (SSSR count). The van der Waals surface area contributed by atoms with Crippen LogP contribution in [0.25, 0.3) is 11.1 Å². The molecule has 0 heterocycles. The fraction of sp³-hybridized carbons (Fsp3) is 0. The van der Waals surface area contributed by atoms with Crippen LogP contribution in [0.4, 0.5) is 5.69 Å². The van der Waals surface area contributed by atoms with Crippen molar-refractivity contribution in [1.82, 2.24) is 0 Å². The number of hydrogen-bond donors (Lipinski definition) is 0. The summed E-state index contributed by atoms with van der Waals surface area (Å²) in [5.74, 6) is -0.378. The van der Waals surface area contributed by atoms with Gasteiger partial charge in [-0.25, -0.2) is 0 Å². The Morgan fingerprint density at radius 1 is 0.926 bits per heavy atom. The number of halogens is 1. The summed E-state index contributed by atoms with van der Waals surface area (Å²) in [7, 11) is 0. The van der Waals surface area contributed by atoms with Crippen LogP contribution in [0.15, 0.2) is 75.3 Å². The van der Waals surface area contributed by atoms with Crippen LogP contribution in [0.1, 0.15) is 16.7 Å². The highest BCUT2D eigenvalue weighted by Gasteiger charge is 2.23. The SMILES string of the molecule is O=[N+]([O-])c1cc(Br)c([O-])c(/C=N\N=C2c3ccccc3-c3ccccc32)c1. The molecule has 0 aliphatic heterocycles. The highest BCUT2D eigenvalue weighted by molar-refractivity contribution is 9.10. The topological polar surface area (TPSA) is 90.9 Å². The van der Waals surface area contributed by atoms with Crippen LogP contribution >= 0.6 is 15.9 Å². The summed E-state index contributed by atoms with van der Waals surface area (Å²) < 4.78 is 0.113. The van der Waals surface area contributed by atoms with E-state index in [0.717, 1.165) is 22.3 Å². The number of non-ortho nitro benzene ring substituents is 1. The quantitative estimate of drug-likeness (QED) is 0.281. The van der Waals surface area contributed by atoms with E-state index < -0.39 is 4.92 Å². The van der Waals surface area contributed by atoms with Gasteiger partial charge in [0.25, 0.3) is 5.69 Å². The van der Waals surface area contributed by atoms with Crippen molar-refractivity contribution in [3.63, 3.8) is 0 Å². The number of nitro groups is 1. The van der Waals surface area contributed by atoms with Crippen molar-refractivity contribution in [2.75, 3.05) is 0 Å². The lowest BCUT2D eigenvalue weighted by Crippen LogP contribution is -2.00. The molecule has 0 spiro atoms. The summed E-state index contributed by atoms with van der Waals surface area (Å²) in [5.41, 5.74) is 4.67. The molecule has 6 nitrogen and oxygen atoms in total. The molecule has 132 valence electrons. The molecule has 1 aliphatic carbocycles. The Labute approximate surface area is 162 Å². The van der Waals surface area contributed by atoms with Gasteiger partial charge in [0.1, 0.15) is 5.71 Å². The summed E-state index contributed by atoms with van der Waals surface area (Å²) in [4.78, 5) is 10.4. The maximum atomic E-state index is 12.2. The molecule has 0 radical (unpaired) electrons. The van der Waals surface area contributed by atoms with E-state index in [2.05, 4.69) is 26.1 Å². The summed E-state index contributed by atoms with van der Waals surface area (Å²) in [6.07, 6.45) is 1.25. The van der Waals surface area contributed by atoms with Gasteiger partial charge in [0.15, 0.2) is 0 Å². The Balaban J connectivity index is 1.77. The molecule has 27 heavy (non-hydrogen) atoms. The Bertz CT molecular complexity index is 1090. The predicted molar refractivity (Wildman–Crippen MR) is 105 cm³/mol. The van der Waals surface area contributed by atoms with Gasteiger partial charge in [-0.3, -0.25) is 10.1 Å². The first-order chi connectivity index (χ1) is 13.1. The smallest absolute Gasteiger partial charge is 0.271 e. The number of hydrogen-bond acceptors (Lipinski definition) is 5. The Kier molecular flexibility index (Phi) is 4.29. The second kappa shape index (κ2) is 6.77. The van der Waals surface area contributed by atoms with Crippen molar-refractivity contribution in [2.45, 2.75) is 0 Å². The molecule has 0 saturated carbocycles. The fourth-order valence-corrected chi connectivity index (χ4v) is 3.52. The van der Waals surface area contributed by atoms with E-state index in [0.29, 0.717) is 5.71 Å². The van der Waals surface area contributed by atoms with Gasteiger partial charge in [0.2, 0.25) is 0 Å². The van der Waals surface area contributed by atoms with Crippen molar-refractivity contribution in [2.24, 2.45) is 10.2 Å². The average Bonchev–Trinajstić information content (AvgIpc) is 2.99. The lowest BCUT2D eigenvalue weighted by molar-refractivity contribution is -0.385. The van der Waals surface area contributed by atoms with Crippen LogP contribution in [0.5, 0.6) is 5.75 Å². The fourth-order valence-electron chi connectivity index (χ4n) is 3.05. The van der Waals surface area contributed by atoms with Crippen LogP contribution in [-0.4, -0.2) is 16.8 Å². The van der Waals surface area contributed by atoms with E-state index in [-0.39, 0.29) is 21.5 Å². The summed E-state index contributed by atoms with van der Waals surface area (Å²) in [6.45, 7) is 0. The average molecular weight is 421 g/mol. The molecule has 0 fully saturated rings. The Hall–Kier alpha value is -3.32. The minimum atomic E-state index is -0.559. The van der Waals surface area contributed by atoms with E-state index >= 15 is 0 Å². The molecule has 3 aromatic rings. The third kappa shape index (κ3) is 3.02. The van der Waals surface area contributed by atoms with Gasteiger partial charge in [-0.05, 0) is 16.7 Å². The van der Waals surface area contributed by atoms with Crippen molar-refractivity contribution in [3.8, 4) is 16.9 Å². The first-order valence-corrected chi connectivity index (χ1v) is 8.80. The molecule has 1 aliphatic rings. The number of nitrogens with zero attached hydrogens (tertiary/aromatic N) is 3. The molecule has 0 aromatic heterocycles. The number of rotatable bonds is 3. The van der Waals surface area contributed by atoms with Crippen molar-refractivity contribution in [3.05, 3.63) is 91.9 Å². The zero-order chi connectivity index (χ0) is 19.0. The van der Waals surface area contributed by atoms with E-state index in [9.17, 15) is 15.2 Å². The van der Waals surface area contributed by atoms with E-state index in [1.165, 1.54) is 18.3 Å². The first-order valence-electron chi connectivity index (χ1n) is 8.01. The summed E-state index contributed by atoms with van der Waals surface area (Å²) in [5, 5.41) is 31.5. The minimum absolute atomic E-state index is 0.0972. The van der Waals surface area contributed by atoms with Crippen LogP contribution in [0.2, 0.25) is 0 Å². The standard InChI is InChI=1S/C20H12BrN3O3/c21-18-10-13(24(26)27)9-12(20(18)25)11-22-23-19-16-7-3-1-5-14(16)15-6-2-4-8-17(15)19/h1-11,25H/p-1/b22-11-. The van der Waals surface area contributed by atoms with Gasteiger partial charge in [-0.1, -0.05) is 70.2 Å². The van der Waals surface area contributed by atoms with Crippen LogP contribution < -0.4 is 5.11 Å². The van der Waals surface area contributed by atoms with Crippen molar-refractivity contribution < 1.29 is 10.0 Å². The molecule has 0 atom stereocenters. The van der Waals surface area contributed by atoms with E-state index in [1.54, 1.807) is 0 Å². The lowest BCUT2D eigenvalue weighted by atomic mass is 10.1. The first kappa shape index (κ1) is 17.1. The van der Waals surface area contributed by atoms with Gasteiger partial charge < -0.3 is 5.11 Å². The largest absolute Gasteiger partial charge is 0.871 e. The Morgan fingerprint density at radius 3 is 2.04 bits per heavy atom. The number of benzene rings is 3. The van der Waals surface area contributed by atoms with Gasteiger partial charge in [0, 0.05) is 27.7 Å². The summed E-state index contributed by atoms with van der Waals surface area (Å²) in [6, 6.07) is 18.1. The molecule has 7 heteroatoms. The maximum Gasteiger partial charge on any atom is 0.271 e. The molecule has 0 saturated heterocycles. The monoisotopic (exact) mass is 420 g/mol. The molecule has 0 unspecified atom stereocenters. The van der Waals surface area contributed by atoms with Gasteiger partial charge in [0.05, 0.1) is 11.1 Å². The van der Waals surface area contributed by atoms with Crippen LogP contribution in [-0.2, 0) is 0 Å². The highest BCUT2D eigenvalue weighted by Crippen LogP contribution is 2.36. The number of nitro benzene ring substituents is 1. The molecule has 0 N–H and O–H groups in total. The van der Waals surface area contributed by atoms with Crippen molar-refractivity contribution >= 4 is 33.5 Å². The molecular formula is C20H11BrN3O3-. The van der Waals surface area contributed by atoms with Gasteiger partial charge in [-0.15, -0.1) is 5.10 Å². The normalized spacial score (nSPS) is 12.1. The van der Waals surface area contributed by atoms with E-state index in [4.69, 9.17) is 0 Å². The third-order valence-electron chi connectivity index (χ3n) is 4.28. The zero-order valence-electron chi connectivity index (χ0n) is 13.8. The Morgan fingerprint density at radius 2 is 1.48 bits per heavy atom.